The first-order valence-electron chi connectivity index (χ1n) is 6.52. The van der Waals surface area contributed by atoms with Gasteiger partial charge in [0.2, 0.25) is 0 Å². The lowest BCUT2D eigenvalue weighted by Gasteiger charge is -2.16. The van der Waals surface area contributed by atoms with Gasteiger partial charge in [-0.15, -0.1) is 0 Å². The SMILES string of the molecule is CCOc1ccc(Br)cc1C(Br)Cc1c(F)cccc1F. The molecule has 0 radical (unpaired) electrons. The molecule has 1 nitrogen and oxygen atoms in total. The maximum Gasteiger partial charge on any atom is 0.129 e. The van der Waals surface area contributed by atoms with Crippen LogP contribution in [0.5, 0.6) is 5.75 Å². The van der Waals surface area contributed by atoms with Crippen LogP contribution in [0, 0.1) is 11.6 Å². The van der Waals surface area contributed by atoms with Gasteiger partial charge in [0.05, 0.1) is 6.61 Å². The summed E-state index contributed by atoms with van der Waals surface area (Å²) in [7, 11) is 0. The number of benzene rings is 2. The Kier molecular flexibility index (Phi) is 5.76. The van der Waals surface area contributed by atoms with Crippen molar-refractivity contribution in [1.29, 1.82) is 0 Å². The fourth-order valence-electron chi connectivity index (χ4n) is 2.07. The molecule has 21 heavy (non-hydrogen) atoms. The minimum atomic E-state index is -0.535. The minimum absolute atomic E-state index is 0.0711. The first-order chi connectivity index (χ1) is 10.0. The standard InChI is InChI=1S/C16H14Br2F2O/c1-2-21-16-7-6-10(17)8-11(16)13(18)9-12-14(19)4-3-5-15(12)20/h3-8,13H,2,9H2,1H3. The predicted octanol–water partition coefficient (Wildman–Crippen LogP) is 5.80. The highest BCUT2D eigenvalue weighted by molar-refractivity contribution is 9.10. The summed E-state index contributed by atoms with van der Waals surface area (Å²) in [6.07, 6.45) is 0.203. The van der Waals surface area contributed by atoms with Crippen molar-refractivity contribution >= 4 is 31.9 Å². The van der Waals surface area contributed by atoms with E-state index in [1.54, 1.807) is 0 Å². The van der Waals surface area contributed by atoms with E-state index in [-0.39, 0.29) is 16.8 Å². The lowest BCUT2D eigenvalue weighted by molar-refractivity contribution is 0.336. The van der Waals surface area contributed by atoms with Crippen LogP contribution in [0.15, 0.2) is 40.9 Å². The Bertz CT molecular complexity index is 611. The molecule has 0 spiro atoms. The first kappa shape index (κ1) is 16.4. The third kappa shape index (κ3) is 4.04. The van der Waals surface area contributed by atoms with E-state index in [1.165, 1.54) is 18.2 Å². The molecular weight excluding hydrogens is 406 g/mol. The second-order valence-electron chi connectivity index (χ2n) is 4.49. The van der Waals surface area contributed by atoms with Crippen molar-refractivity contribution in [3.05, 3.63) is 63.6 Å². The van der Waals surface area contributed by atoms with Gasteiger partial charge >= 0.3 is 0 Å². The van der Waals surface area contributed by atoms with Gasteiger partial charge in [-0.1, -0.05) is 37.9 Å². The highest BCUT2D eigenvalue weighted by Crippen LogP contribution is 2.36. The lowest BCUT2D eigenvalue weighted by atomic mass is 10.0. The number of halogens is 4. The molecule has 112 valence electrons. The molecule has 0 aliphatic heterocycles. The molecule has 0 saturated carbocycles. The van der Waals surface area contributed by atoms with Crippen LogP contribution in [0.1, 0.15) is 22.9 Å². The van der Waals surface area contributed by atoms with Crippen molar-refractivity contribution in [1.82, 2.24) is 0 Å². The topological polar surface area (TPSA) is 9.23 Å². The first-order valence-corrected chi connectivity index (χ1v) is 8.23. The van der Waals surface area contributed by atoms with Crippen LogP contribution in [0.3, 0.4) is 0 Å². The summed E-state index contributed by atoms with van der Waals surface area (Å²) in [6, 6.07) is 9.50. The summed E-state index contributed by atoms with van der Waals surface area (Å²) >= 11 is 6.92. The minimum Gasteiger partial charge on any atom is -0.494 e. The van der Waals surface area contributed by atoms with E-state index < -0.39 is 11.6 Å². The van der Waals surface area contributed by atoms with E-state index in [0.29, 0.717) is 12.4 Å². The summed E-state index contributed by atoms with van der Waals surface area (Å²) in [5.74, 6) is -0.362. The van der Waals surface area contributed by atoms with Crippen molar-refractivity contribution < 1.29 is 13.5 Å². The molecule has 0 amide bonds. The molecule has 0 aliphatic rings. The molecule has 1 unspecified atom stereocenters. The van der Waals surface area contributed by atoms with E-state index in [2.05, 4.69) is 31.9 Å². The smallest absolute Gasteiger partial charge is 0.129 e. The summed E-state index contributed by atoms with van der Waals surface area (Å²) in [6.45, 7) is 2.42. The van der Waals surface area contributed by atoms with Gasteiger partial charge in [0, 0.05) is 20.4 Å². The number of alkyl halides is 1. The molecule has 2 rings (SSSR count). The van der Waals surface area contributed by atoms with Crippen molar-refractivity contribution in [3.63, 3.8) is 0 Å². The highest BCUT2D eigenvalue weighted by atomic mass is 79.9. The zero-order valence-electron chi connectivity index (χ0n) is 11.4. The van der Waals surface area contributed by atoms with Crippen LogP contribution in [0.25, 0.3) is 0 Å². The van der Waals surface area contributed by atoms with Gasteiger partial charge < -0.3 is 4.74 Å². The Labute approximate surface area is 139 Å². The third-order valence-corrected chi connectivity index (χ3v) is 4.36. The normalized spacial score (nSPS) is 12.2. The van der Waals surface area contributed by atoms with Crippen molar-refractivity contribution in [3.8, 4) is 5.75 Å². The molecule has 0 heterocycles. The van der Waals surface area contributed by atoms with Gasteiger partial charge in [-0.25, -0.2) is 8.78 Å². The maximum absolute atomic E-state index is 13.8. The molecule has 0 bridgehead atoms. The molecule has 0 aliphatic carbocycles. The number of hydrogen-bond donors (Lipinski definition) is 0. The lowest BCUT2D eigenvalue weighted by Crippen LogP contribution is -2.04. The van der Waals surface area contributed by atoms with E-state index in [9.17, 15) is 8.78 Å². The van der Waals surface area contributed by atoms with Crippen molar-refractivity contribution in [2.45, 2.75) is 18.2 Å². The van der Waals surface area contributed by atoms with E-state index in [1.807, 2.05) is 25.1 Å². The molecule has 0 aromatic heterocycles. The fraction of sp³-hybridized carbons (Fsp3) is 0.250. The van der Waals surface area contributed by atoms with Gasteiger partial charge in [-0.3, -0.25) is 0 Å². The number of hydrogen-bond acceptors (Lipinski definition) is 1. The predicted molar refractivity (Wildman–Crippen MR) is 87.0 cm³/mol. The quantitative estimate of drug-likeness (QED) is 0.556. The van der Waals surface area contributed by atoms with Crippen LogP contribution in [0.2, 0.25) is 0 Å². The van der Waals surface area contributed by atoms with E-state index in [0.717, 1.165) is 10.0 Å². The van der Waals surface area contributed by atoms with Crippen molar-refractivity contribution in [2.75, 3.05) is 6.61 Å². The molecule has 0 N–H and O–H groups in total. The van der Waals surface area contributed by atoms with Crippen LogP contribution >= 0.6 is 31.9 Å². The summed E-state index contributed by atoms with van der Waals surface area (Å²) < 4.78 is 34.0. The number of rotatable bonds is 5. The van der Waals surface area contributed by atoms with Crippen LogP contribution in [-0.2, 0) is 6.42 Å². The summed E-state index contributed by atoms with van der Waals surface area (Å²) in [5, 5.41) is 0. The van der Waals surface area contributed by atoms with Gasteiger partial charge in [0.25, 0.3) is 0 Å². The second kappa shape index (κ2) is 7.36. The molecule has 1 atom stereocenters. The average molecular weight is 420 g/mol. The van der Waals surface area contributed by atoms with Crippen LogP contribution in [-0.4, -0.2) is 6.61 Å². The number of ether oxygens (including phenoxy) is 1. The van der Waals surface area contributed by atoms with E-state index in [4.69, 9.17) is 4.74 Å². The molecule has 0 saturated heterocycles. The average Bonchev–Trinajstić information content (AvgIpc) is 2.45. The Hall–Kier alpha value is -0.940. The molecule has 2 aromatic carbocycles. The third-order valence-electron chi connectivity index (χ3n) is 3.05. The van der Waals surface area contributed by atoms with Crippen LogP contribution < -0.4 is 4.74 Å². The monoisotopic (exact) mass is 418 g/mol. The van der Waals surface area contributed by atoms with E-state index >= 15 is 0 Å². The summed E-state index contributed by atoms with van der Waals surface area (Å²) in [5.41, 5.74) is 0.927. The molecule has 5 heteroatoms. The van der Waals surface area contributed by atoms with Gasteiger partial charge in [-0.05, 0) is 43.7 Å². The zero-order chi connectivity index (χ0) is 15.4. The van der Waals surface area contributed by atoms with Crippen molar-refractivity contribution in [2.24, 2.45) is 0 Å². The Morgan fingerprint density at radius 2 is 1.81 bits per heavy atom. The largest absolute Gasteiger partial charge is 0.494 e. The maximum atomic E-state index is 13.8. The summed E-state index contributed by atoms with van der Waals surface area (Å²) in [4.78, 5) is -0.247. The van der Waals surface area contributed by atoms with Crippen LogP contribution in [0.4, 0.5) is 8.78 Å². The molecule has 0 fully saturated rings. The second-order valence-corrected chi connectivity index (χ2v) is 6.51. The van der Waals surface area contributed by atoms with Gasteiger partial charge in [-0.2, -0.15) is 0 Å². The Morgan fingerprint density at radius 1 is 1.14 bits per heavy atom. The molecular formula is C16H14Br2F2O. The van der Waals surface area contributed by atoms with Gasteiger partial charge in [0.1, 0.15) is 17.4 Å². The fourth-order valence-corrected chi connectivity index (χ4v) is 3.13. The Balaban J connectivity index is 2.32. The Morgan fingerprint density at radius 3 is 2.43 bits per heavy atom. The molecule has 2 aromatic rings. The zero-order valence-corrected chi connectivity index (χ0v) is 14.5. The van der Waals surface area contributed by atoms with Gasteiger partial charge in [0.15, 0.2) is 0 Å². The highest BCUT2D eigenvalue weighted by Gasteiger charge is 2.18.